The predicted molar refractivity (Wildman–Crippen MR) is 394 cm³/mol. The first-order valence-corrected chi connectivity index (χ1v) is 41.1. The molecule has 0 aromatic carbocycles. The van der Waals surface area contributed by atoms with E-state index in [4.69, 9.17) is 14.2 Å². The second-order valence-electron chi connectivity index (χ2n) is 28.4. The summed E-state index contributed by atoms with van der Waals surface area (Å²) in [6.07, 6.45) is 73.3. The first-order valence-electron chi connectivity index (χ1n) is 41.1. The summed E-state index contributed by atoms with van der Waals surface area (Å²) in [7, 11) is 0. The molecule has 0 fully saturated rings. The summed E-state index contributed by atoms with van der Waals surface area (Å²) in [5.74, 6) is -0.446. The summed E-state index contributed by atoms with van der Waals surface area (Å²) in [5.41, 5.74) is 0. The number of ether oxygens (including phenoxy) is 3. The van der Waals surface area contributed by atoms with Gasteiger partial charge in [0.25, 0.3) is 0 Å². The number of aliphatic hydroxyl groups excluding tert-OH is 1. The van der Waals surface area contributed by atoms with E-state index >= 15 is 0 Å². The molecular formula is C81H161N3O7. The van der Waals surface area contributed by atoms with Crippen LogP contribution in [0.2, 0.25) is 0 Å². The van der Waals surface area contributed by atoms with Crippen molar-refractivity contribution < 1.29 is 33.7 Å². The van der Waals surface area contributed by atoms with Crippen LogP contribution in [0.3, 0.4) is 0 Å². The molecule has 0 aromatic rings. The zero-order valence-corrected chi connectivity index (χ0v) is 62.2. The summed E-state index contributed by atoms with van der Waals surface area (Å²) in [6.45, 7) is 19.4. The number of carbonyl (C=O) groups excluding carboxylic acids is 3. The molecule has 10 nitrogen and oxygen atoms in total. The van der Waals surface area contributed by atoms with Crippen LogP contribution in [0.5, 0.6) is 0 Å². The number of aliphatic hydroxyl groups is 1. The Morgan fingerprint density at radius 2 is 0.440 bits per heavy atom. The Hall–Kier alpha value is -1.75. The summed E-state index contributed by atoms with van der Waals surface area (Å²) in [6, 6.07) is 0. The zero-order valence-electron chi connectivity index (χ0n) is 62.2. The number of esters is 3. The third-order valence-corrected chi connectivity index (χ3v) is 19.1. The van der Waals surface area contributed by atoms with Gasteiger partial charge in [-0.15, -0.1) is 0 Å². The zero-order chi connectivity index (χ0) is 66.1. The number of hydrogen-bond acceptors (Lipinski definition) is 10. The highest BCUT2D eigenvalue weighted by atomic mass is 16.5. The Labute approximate surface area is 568 Å². The monoisotopic (exact) mass is 1290 g/mol. The first kappa shape index (κ1) is 89.2. The first-order chi connectivity index (χ1) is 44.8. The van der Waals surface area contributed by atoms with Crippen molar-refractivity contribution in [1.82, 2.24) is 14.7 Å². The normalized spacial score (nSPS) is 12.1. The summed E-state index contributed by atoms with van der Waals surface area (Å²) in [4.78, 5) is 46.4. The van der Waals surface area contributed by atoms with E-state index in [-0.39, 0.29) is 24.5 Å². The van der Waals surface area contributed by atoms with Crippen LogP contribution in [0.1, 0.15) is 420 Å². The highest BCUT2D eigenvalue weighted by Gasteiger charge is 2.20. The molecule has 0 rings (SSSR count). The number of carbonyl (C=O) groups is 3. The maximum Gasteiger partial charge on any atom is 0.320 e. The Morgan fingerprint density at radius 1 is 0.242 bits per heavy atom. The minimum Gasteiger partial charge on any atom is -0.466 e. The van der Waals surface area contributed by atoms with Crippen molar-refractivity contribution in [2.24, 2.45) is 0 Å². The minimum atomic E-state index is -0.637. The Morgan fingerprint density at radius 3 is 0.725 bits per heavy atom. The molecule has 1 atom stereocenters. The van der Waals surface area contributed by atoms with E-state index in [1.807, 2.05) is 4.90 Å². The molecule has 0 spiro atoms. The highest BCUT2D eigenvalue weighted by molar-refractivity contribution is 5.71. The van der Waals surface area contributed by atoms with Crippen molar-refractivity contribution >= 4 is 17.9 Å². The van der Waals surface area contributed by atoms with Gasteiger partial charge in [0.05, 0.1) is 32.5 Å². The smallest absolute Gasteiger partial charge is 0.320 e. The lowest BCUT2D eigenvalue weighted by atomic mass is 10.1. The van der Waals surface area contributed by atoms with Crippen molar-refractivity contribution in [3.05, 3.63) is 0 Å². The van der Waals surface area contributed by atoms with Crippen LogP contribution in [-0.2, 0) is 28.6 Å². The molecule has 0 aliphatic heterocycles. The summed E-state index contributed by atoms with van der Waals surface area (Å²) < 4.78 is 17.2. The molecule has 542 valence electrons. The lowest BCUT2D eigenvalue weighted by Crippen LogP contribution is -2.43. The van der Waals surface area contributed by atoms with Crippen LogP contribution in [-0.4, -0.2) is 123 Å². The molecule has 91 heavy (non-hydrogen) atoms. The standard InChI is InChI=1S/C81H161N3O7/c1-6-11-16-21-26-31-36-38-40-45-50-55-66-82(70-62-64-79(86)89-72-59-52-47-42-33-28-23-18-13-8-3)67-57-58-69-83(68-56-51-46-41-39-37-32-27-22-17-12-7-2)75-78(85)76-84(77-81(88)91-74-61-54-49-44-35-30-25-20-15-10-5)71-63-65-80(87)90-73-60-53-48-43-34-29-24-19-14-9-4/h78,85H,6-77H2,1-5H3. The van der Waals surface area contributed by atoms with Crippen LogP contribution in [0, 0.1) is 0 Å². The molecule has 0 saturated heterocycles. The molecule has 0 saturated carbocycles. The van der Waals surface area contributed by atoms with E-state index in [1.54, 1.807) is 0 Å². The van der Waals surface area contributed by atoms with Gasteiger partial charge < -0.3 is 29.1 Å². The molecule has 10 heteroatoms. The SMILES string of the molecule is CCCCCCCCCCCCCCN(CCCCN(CCCCCCCCCCCCCC)CC(O)CN(CCCC(=O)OCCCCCCCCCCCC)CC(=O)OCCCCCCCCCCCC)CCCC(=O)OCCCCCCCCCCCC. The van der Waals surface area contributed by atoms with Gasteiger partial charge in [-0.2, -0.15) is 0 Å². The second kappa shape index (κ2) is 75.6. The number of hydrogen-bond donors (Lipinski definition) is 1. The lowest BCUT2D eigenvalue weighted by Gasteiger charge is -2.29. The Kier molecular flexibility index (Phi) is 74.2. The lowest BCUT2D eigenvalue weighted by molar-refractivity contribution is -0.146. The van der Waals surface area contributed by atoms with E-state index in [1.165, 1.54) is 302 Å². The largest absolute Gasteiger partial charge is 0.466 e. The maximum atomic E-state index is 13.4. The Balaban J connectivity index is 5.71. The van der Waals surface area contributed by atoms with Gasteiger partial charge in [0.1, 0.15) is 0 Å². The number of nitrogens with zero attached hydrogens (tertiary/aromatic N) is 3. The van der Waals surface area contributed by atoms with E-state index < -0.39 is 6.10 Å². The van der Waals surface area contributed by atoms with Gasteiger partial charge in [-0.1, -0.05) is 349 Å². The topological polar surface area (TPSA) is 109 Å². The number of unbranched alkanes of at least 4 members (excludes halogenated alkanes) is 50. The average Bonchev–Trinajstić information content (AvgIpc) is 3.62. The fourth-order valence-corrected chi connectivity index (χ4v) is 13.1. The van der Waals surface area contributed by atoms with E-state index in [2.05, 4.69) is 44.4 Å². The maximum absolute atomic E-state index is 13.4. The van der Waals surface area contributed by atoms with Gasteiger partial charge in [0, 0.05) is 25.9 Å². The van der Waals surface area contributed by atoms with Crippen molar-refractivity contribution in [2.75, 3.05) is 78.7 Å². The number of rotatable bonds is 78. The van der Waals surface area contributed by atoms with Crippen LogP contribution >= 0.6 is 0 Å². The second-order valence-corrected chi connectivity index (χ2v) is 28.4. The average molecular weight is 1290 g/mol. The third-order valence-electron chi connectivity index (χ3n) is 19.1. The molecule has 1 unspecified atom stereocenters. The molecule has 1 N–H and O–H groups in total. The van der Waals surface area contributed by atoms with Crippen molar-refractivity contribution in [3.8, 4) is 0 Å². The third kappa shape index (κ3) is 70.9. The molecule has 0 aliphatic rings. The minimum absolute atomic E-state index is 0.0367. The van der Waals surface area contributed by atoms with Crippen molar-refractivity contribution in [1.29, 1.82) is 0 Å². The van der Waals surface area contributed by atoms with Crippen LogP contribution < -0.4 is 0 Å². The quantitative estimate of drug-likeness (QED) is 0.0359. The molecule has 0 bridgehead atoms. The van der Waals surface area contributed by atoms with Gasteiger partial charge in [0.15, 0.2) is 0 Å². The van der Waals surface area contributed by atoms with Gasteiger partial charge in [-0.05, 0) is 97.1 Å². The molecule has 0 radical (unpaired) electrons. The summed E-state index contributed by atoms with van der Waals surface area (Å²) >= 11 is 0. The Bertz CT molecular complexity index is 1450. The van der Waals surface area contributed by atoms with Crippen LogP contribution in [0.15, 0.2) is 0 Å². The fraction of sp³-hybridized carbons (Fsp3) is 0.963. The van der Waals surface area contributed by atoms with Crippen molar-refractivity contribution in [2.45, 2.75) is 426 Å². The molecule has 0 aromatic heterocycles. The van der Waals surface area contributed by atoms with Gasteiger partial charge >= 0.3 is 17.9 Å². The van der Waals surface area contributed by atoms with Gasteiger partial charge in [0.2, 0.25) is 0 Å². The summed E-state index contributed by atoms with van der Waals surface area (Å²) in [5, 5.41) is 11.9. The molecular weight excluding hydrogens is 1130 g/mol. The molecule has 0 aliphatic carbocycles. The van der Waals surface area contributed by atoms with Gasteiger partial charge in [-0.3, -0.25) is 19.3 Å². The van der Waals surface area contributed by atoms with Crippen LogP contribution in [0.4, 0.5) is 0 Å². The fourth-order valence-electron chi connectivity index (χ4n) is 13.1. The van der Waals surface area contributed by atoms with E-state index in [0.29, 0.717) is 58.7 Å². The van der Waals surface area contributed by atoms with Crippen molar-refractivity contribution in [3.63, 3.8) is 0 Å². The van der Waals surface area contributed by atoms with E-state index in [9.17, 15) is 19.5 Å². The van der Waals surface area contributed by atoms with E-state index in [0.717, 1.165) is 96.9 Å². The van der Waals surface area contributed by atoms with Crippen LogP contribution in [0.25, 0.3) is 0 Å². The highest BCUT2D eigenvalue weighted by Crippen LogP contribution is 2.18. The molecule has 0 heterocycles. The van der Waals surface area contributed by atoms with Gasteiger partial charge in [-0.25, -0.2) is 0 Å². The predicted octanol–water partition coefficient (Wildman–Crippen LogP) is 23.4. The molecule has 0 amide bonds.